The van der Waals surface area contributed by atoms with E-state index in [1.165, 1.54) is 0 Å². The summed E-state index contributed by atoms with van der Waals surface area (Å²) in [4.78, 5) is 24.5. The molecule has 0 saturated heterocycles. The summed E-state index contributed by atoms with van der Waals surface area (Å²) in [5.41, 5.74) is 1.62. The van der Waals surface area contributed by atoms with Crippen molar-refractivity contribution in [2.24, 2.45) is 0 Å². The van der Waals surface area contributed by atoms with E-state index < -0.39 is 0 Å². The minimum atomic E-state index is -0.253. The van der Waals surface area contributed by atoms with Crippen molar-refractivity contribution < 1.29 is 23.8 Å². The van der Waals surface area contributed by atoms with Crippen LogP contribution in [0.1, 0.15) is 34.1 Å². The van der Waals surface area contributed by atoms with Gasteiger partial charge in [-0.05, 0) is 55.8 Å². The first-order valence-electron chi connectivity index (χ1n) is 9.63. The number of anilines is 1. The lowest BCUT2D eigenvalue weighted by molar-refractivity contribution is 0.0948. The van der Waals surface area contributed by atoms with Crippen molar-refractivity contribution in [3.05, 3.63) is 59.7 Å². The molecular formula is C22H28N2O5. The molecular weight excluding hydrogens is 372 g/mol. The Labute approximate surface area is 171 Å². The number of methoxy groups -OCH3 is 1. The largest absolute Gasteiger partial charge is 0.491 e. The molecule has 156 valence electrons. The molecule has 0 unspecified atom stereocenters. The second-order valence-electron chi connectivity index (χ2n) is 6.21. The maximum atomic E-state index is 12.5. The number of carbonyl (C=O) groups is 2. The first-order valence-corrected chi connectivity index (χ1v) is 9.63. The number of rotatable bonds is 12. The van der Waals surface area contributed by atoms with Gasteiger partial charge in [0.2, 0.25) is 0 Å². The van der Waals surface area contributed by atoms with Crippen LogP contribution in [-0.4, -0.2) is 51.9 Å². The first-order chi connectivity index (χ1) is 14.1. The summed E-state index contributed by atoms with van der Waals surface area (Å²) in [5, 5.41) is 5.64. The van der Waals surface area contributed by atoms with Gasteiger partial charge in [0.15, 0.2) is 0 Å². The van der Waals surface area contributed by atoms with E-state index in [1.807, 2.05) is 6.92 Å². The molecule has 29 heavy (non-hydrogen) atoms. The van der Waals surface area contributed by atoms with Gasteiger partial charge < -0.3 is 24.8 Å². The molecule has 0 radical (unpaired) electrons. The number of hydrogen-bond donors (Lipinski definition) is 2. The van der Waals surface area contributed by atoms with E-state index in [2.05, 4.69) is 10.6 Å². The lowest BCUT2D eigenvalue weighted by atomic mass is 10.1. The molecule has 0 spiro atoms. The molecule has 0 saturated carbocycles. The molecule has 2 rings (SSSR count). The van der Waals surface area contributed by atoms with Crippen LogP contribution in [0.4, 0.5) is 5.69 Å². The number of amides is 2. The van der Waals surface area contributed by atoms with E-state index in [4.69, 9.17) is 14.2 Å². The number of nitrogens with one attached hydrogen (secondary N) is 2. The van der Waals surface area contributed by atoms with Gasteiger partial charge in [0, 0.05) is 43.7 Å². The molecule has 0 aromatic heterocycles. The summed E-state index contributed by atoms with van der Waals surface area (Å²) in [6.07, 6.45) is 0.755. The van der Waals surface area contributed by atoms with Crippen LogP contribution >= 0.6 is 0 Å². The van der Waals surface area contributed by atoms with Crippen LogP contribution in [0.15, 0.2) is 48.5 Å². The van der Waals surface area contributed by atoms with Gasteiger partial charge in [-0.25, -0.2) is 0 Å². The minimum absolute atomic E-state index is 0.157. The number of carbonyl (C=O) groups excluding carboxylic acids is 2. The lowest BCUT2D eigenvalue weighted by Crippen LogP contribution is -2.25. The SMILES string of the molecule is CCOCCOc1cccc(C(=O)Nc2ccc(C(=O)NCCCOC)cc2)c1. The highest BCUT2D eigenvalue weighted by atomic mass is 16.5. The molecule has 2 aromatic rings. The van der Waals surface area contributed by atoms with Crippen molar-refractivity contribution in [2.45, 2.75) is 13.3 Å². The molecule has 0 aliphatic heterocycles. The fraction of sp³-hybridized carbons (Fsp3) is 0.364. The predicted molar refractivity (Wildman–Crippen MR) is 112 cm³/mol. The highest BCUT2D eigenvalue weighted by Crippen LogP contribution is 2.16. The maximum absolute atomic E-state index is 12.5. The van der Waals surface area contributed by atoms with Gasteiger partial charge in [-0.2, -0.15) is 0 Å². The quantitative estimate of drug-likeness (QED) is 0.535. The fourth-order valence-corrected chi connectivity index (χ4v) is 2.52. The fourth-order valence-electron chi connectivity index (χ4n) is 2.52. The van der Waals surface area contributed by atoms with Crippen LogP contribution in [0.2, 0.25) is 0 Å². The average molecular weight is 400 g/mol. The van der Waals surface area contributed by atoms with Crippen LogP contribution in [0.25, 0.3) is 0 Å². The predicted octanol–water partition coefficient (Wildman–Crippen LogP) is 3.12. The lowest BCUT2D eigenvalue weighted by Gasteiger charge is -2.09. The molecule has 0 fully saturated rings. The molecule has 2 amide bonds. The van der Waals surface area contributed by atoms with Crippen LogP contribution in [0, 0.1) is 0 Å². The van der Waals surface area contributed by atoms with E-state index in [-0.39, 0.29) is 11.8 Å². The summed E-state index contributed by atoms with van der Waals surface area (Å²) in [6, 6.07) is 13.7. The van der Waals surface area contributed by atoms with Crippen LogP contribution in [0.5, 0.6) is 5.75 Å². The Morgan fingerprint density at radius 2 is 1.72 bits per heavy atom. The van der Waals surface area contributed by atoms with Crippen molar-refractivity contribution in [2.75, 3.05) is 45.4 Å². The van der Waals surface area contributed by atoms with Gasteiger partial charge in [-0.1, -0.05) is 6.07 Å². The first kappa shape index (κ1) is 22.4. The Bertz CT molecular complexity index is 777. The van der Waals surface area contributed by atoms with E-state index >= 15 is 0 Å². The Kier molecular flexibility index (Phi) is 9.68. The van der Waals surface area contributed by atoms with Crippen LogP contribution < -0.4 is 15.4 Å². The van der Waals surface area contributed by atoms with Crippen molar-refractivity contribution in [1.29, 1.82) is 0 Å². The van der Waals surface area contributed by atoms with Gasteiger partial charge in [0.1, 0.15) is 12.4 Å². The molecule has 0 bridgehead atoms. The highest BCUT2D eigenvalue weighted by molar-refractivity contribution is 6.04. The maximum Gasteiger partial charge on any atom is 0.255 e. The van der Waals surface area contributed by atoms with Gasteiger partial charge in [0.05, 0.1) is 6.61 Å². The molecule has 2 N–H and O–H groups in total. The van der Waals surface area contributed by atoms with Crippen molar-refractivity contribution in [1.82, 2.24) is 5.32 Å². The van der Waals surface area contributed by atoms with E-state index in [9.17, 15) is 9.59 Å². The molecule has 0 aliphatic carbocycles. The topological polar surface area (TPSA) is 85.9 Å². The Morgan fingerprint density at radius 3 is 2.45 bits per heavy atom. The Hall–Kier alpha value is -2.90. The third-order valence-electron chi connectivity index (χ3n) is 4.01. The summed E-state index contributed by atoms with van der Waals surface area (Å²) in [5.74, 6) is 0.200. The molecule has 7 nitrogen and oxygen atoms in total. The molecule has 0 heterocycles. The van der Waals surface area contributed by atoms with Crippen LogP contribution in [0.3, 0.4) is 0 Å². The molecule has 2 aromatic carbocycles. The summed E-state index contributed by atoms with van der Waals surface area (Å²) in [7, 11) is 1.63. The van der Waals surface area contributed by atoms with Crippen molar-refractivity contribution in [3.8, 4) is 5.75 Å². The Morgan fingerprint density at radius 1 is 0.931 bits per heavy atom. The second-order valence-corrected chi connectivity index (χ2v) is 6.21. The zero-order valence-electron chi connectivity index (χ0n) is 16.9. The van der Waals surface area contributed by atoms with Crippen molar-refractivity contribution in [3.63, 3.8) is 0 Å². The van der Waals surface area contributed by atoms with Gasteiger partial charge in [-0.15, -0.1) is 0 Å². The van der Waals surface area contributed by atoms with E-state index in [1.54, 1.807) is 55.6 Å². The standard InChI is InChI=1S/C22H28N2O5/c1-3-28-14-15-29-20-7-4-6-18(16-20)22(26)24-19-10-8-17(9-11-19)21(25)23-12-5-13-27-2/h4,6-11,16H,3,5,12-15H2,1-2H3,(H,23,25)(H,24,26). The van der Waals surface area contributed by atoms with E-state index in [0.29, 0.717) is 55.5 Å². The molecule has 0 aliphatic rings. The third-order valence-corrected chi connectivity index (χ3v) is 4.01. The number of hydrogen-bond acceptors (Lipinski definition) is 5. The third kappa shape index (κ3) is 7.93. The minimum Gasteiger partial charge on any atom is -0.491 e. The molecule has 0 atom stereocenters. The summed E-state index contributed by atoms with van der Waals surface area (Å²) >= 11 is 0. The summed E-state index contributed by atoms with van der Waals surface area (Å²) < 4.78 is 15.8. The average Bonchev–Trinajstić information content (AvgIpc) is 2.75. The van der Waals surface area contributed by atoms with Gasteiger partial charge in [-0.3, -0.25) is 9.59 Å². The van der Waals surface area contributed by atoms with E-state index in [0.717, 1.165) is 6.42 Å². The zero-order valence-corrected chi connectivity index (χ0v) is 16.9. The second kappa shape index (κ2) is 12.5. The van der Waals surface area contributed by atoms with Crippen molar-refractivity contribution >= 4 is 17.5 Å². The van der Waals surface area contributed by atoms with Gasteiger partial charge >= 0.3 is 0 Å². The zero-order chi connectivity index (χ0) is 20.9. The summed E-state index contributed by atoms with van der Waals surface area (Å²) in [6.45, 7) is 4.64. The van der Waals surface area contributed by atoms with Crippen LogP contribution in [-0.2, 0) is 9.47 Å². The normalized spacial score (nSPS) is 10.4. The highest BCUT2D eigenvalue weighted by Gasteiger charge is 2.09. The number of benzene rings is 2. The van der Waals surface area contributed by atoms with Gasteiger partial charge in [0.25, 0.3) is 11.8 Å². The molecule has 7 heteroatoms. The number of ether oxygens (including phenoxy) is 3. The smallest absolute Gasteiger partial charge is 0.255 e. The monoisotopic (exact) mass is 400 g/mol. The Balaban J connectivity index is 1.88.